The second-order valence-electron chi connectivity index (χ2n) is 6.69. The van der Waals surface area contributed by atoms with Crippen molar-refractivity contribution in [2.45, 2.75) is 51.7 Å². The molecule has 1 aromatic rings. The highest BCUT2D eigenvalue weighted by atomic mass is 16.5. The van der Waals surface area contributed by atoms with E-state index in [1.807, 2.05) is 24.0 Å². The maximum absolute atomic E-state index is 12.5. The van der Waals surface area contributed by atoms with E-state index in [-0.39, 0.29) is 5.91 Å². The third-order valence-corrected chi connectivity index (χ3v) is 4.92. The molecule has 4 nitrogen and oxygen atoms in total. The number of amides is 1. The zero-order valence-electron chi connectivity index (χ0n) is 14.2. The quantitative estimate of drug-likeness (QED) is 0.838. The van der Waals surface area contributed by atoms with Gasteiger partial charge in [0.05, 0.1) is 18.8 Å². The molecule has 126 valence electrons. The first-order valence-corrected chi connectivity index (χ1v) is 8.80. The van der Waals surface area contributed by atoms with Crippen LogP contribution in [0.3, 0.4) is 0 Å². The summed E-state index contributed by atoms with van der Waals surface area (Å²) in [4.78, 5) is 14.5. The largest absolute Gasteiger partial charge is 0.494 e. The Balaban J connectivity index is 1.47. The molecule has 0 bridgehead atoms. The Labute approximate surface area is 138 Å². The third-order valence-electron chi connectivity index (χ3n) is 4.92. The smallest absolute Gasteiger partial charge is 0.222 e. The summed E-state index contributed by atoms with van der Waals surface area (Å²) in [5, 5.41) is 0. The molecule has 1 amide bonds. The molecular formula is C19H27NO3. The number of hydrogen-bond acceptors (Lipinski definition) is 3. The summed E-state index contributed by atoms with van der Waals surface area (Å²) >= 11 is 0. The van der Waals surface area contributed by atoms with Crippen LogP contribution < -0.4 is 4.74 Å². The minimum absolute atomic E-state index is 0.275. The van der Waals surface area contributed by atoms with Crippen molar-refractivity contribution in [2.24, 2.45) is 5.92 Å². The molecule has 0 radical (unpaired) electrons. The first kappa shape index (κ1) is 16.3. The van der Waals surface area contributed by atoms with Gasteiger partial charge in [-0.05, 0) is 50.8 Å². The molecule has 0 saturated carbocycles. The Bertz CT molecular complexity index is 528. The van der Waals surface area contributed by atoms with E-state index in [1.54, 1.807) is 0 Å². The van der Waals surface area contributed by atoms with Crippen molar-refractivity contribution in [3.63, 3.8) is 0 Å². The Morgan fingerprint density at radius 2 is 2.13 bits per heavy atom. The van der Waals surface area contributed by atoms with Gasteiger partial charge in [0.1, 0.15) is 5.75 Å². The second-order valence-corrected chi connectivity index (χ2v) is 6.69. The van der Waals surface area contributed by atoms with Crippen LogP contribution in [0.25, 0.3) is 0 Å². The number of benzene rings is 1. The molecule has 2 fully saturated rings. The molecule has 2 aliphatic heterocycles. The average Bonchev–Trinajstić information content (AvgIpc) is 2.93. The molecule has 3 atom stereocenters. The highest BCUT2D eigenvalue weighted by Crippen LogP contribution is 2.32. The lowest BCUT2D eigenvalue weighted by Crippen LogP contribution is -2.44. The van der Waals surface area contributed by atoms with Gasteiger partial charge >= 0.3 is 0 Å². The van der Waals surface area contributed by atoms with Gasteiger partial charge in [-0.25, -0.2) is 0 Å². The van der Waals surface area contributed by atoms with Crippen LogP contribution in [0.5, 0.6) is 5.75 Å². The highest BCUT2D eigenvalue weighted by Gasteiger charge is 2.38. The first-order valence-electron chi connectivity index (χ1n) is 8.80. The van der Waals surface area contributed by atoms with E-state index in [9.17, 15) is 4.79 Å². The summed E-state index contributed by atoms with van der Waals surface area (Å²) in [6.45, 7) is 6.51. The summed E-state index contributed by atoms with van der Waals surface area (Å²) in [7, 11) is 0. The fraction of sp³-hybridized carbons (Fsp3) is 0.632. The summed E-state index contributed by atoms with van der Waals surface area (Å²) in [6.07, 6.45) is 4.19. The fourth-order valence-electron chi connectivity index (χ4n) is 3.75. The van der Waals surface area contributed by atoms with Gasteiger partial charge in [0.15, 0.2) is 0 Å². The van der Waals surface area contributed by atoms with Gasteiger partial charge in [0.25, 0.3) is 0 Å². The summed E-state index contributed by atoms with van der Waals surface area (Å²) < 4.78 is 11.3. The summed E-state index contributed by atoms with van der Waals surface area (Å²) in [5.74, 6) is 1.70. The van der Waals surface area contributed by atoms with E-state index in [4.69, 9.17) is 9.47 Å². The molecule has 1 aromatic carbocycles. The van der Waals surface area contributed by atoms with Crippen molar-refractivity contribution < 1.29 is 14.3 Å². The minimum Gasteiger partial charge on any atom is -0.494 e. The van der Waals surface area contributed by atoms with E-state index in [2.05, 4.69) is 19.1 Å². The number of fused-ring (bicyclic) bond motifs is 1. The van der Waals surface area contributed by atoms with Crippen LogP contribution in [-0.2, 0) is 16.0 Å². The molecule has 0 aliphatic carbocycles. The topological polar surface area (TPSA) is 38.8 Å². The molecule has 3 rings (SSSR count). The first-order chi connectivity index (χ1) is 11.2. The summed E-state index contributed by atoms with van der Waals surface area (Å²) in [5.41, 5.74) is 1.19. The van der Waals surface area contributed by atoms with Crippen molar-refractivity contribution in [3.8, 4) is 5.75 Å². The van der Waals surface area contributed by atoms with Crippen LogP contribution in [0, 0.1) is 5.92 Å². The Morgan fingerprint density at radius 3 is 2.87 bits per heavy atom. The van der Waals surface area contributed by atoms with Crippen LogP contribution in [-0.4, -0.2) is 42.7 Å². The average molecular weight is 317 g/mol. The van der Waals surface area contributed by atoms with Crippen LogP contribution in [0.15, 0.2) is 24.3 Å². The van der Waals surface area contributed by atoms with Gasteiger partial charge in [-0.3, -0.25) is 4.79 Å². The van der Waals surface area contributed by atoms with E-state index in [0.717, 1.165) is 38.1 Å². The van der Waals surface area contributed by atoms with Gasteiger partial charge in [-0.1, -0.05) is 12.1 Å². The Hall–Kier alpha value is -1.55. The lowest BCUT2D eigenvalue weighted by atomic mass is 9.93. The molecular weight excluding hydrogens is 290 g/mol. The van der Waals surface area contributed by atoms with E-state index >= 15 is 0 Å². The highest BCUT2D eigenvalue weighted by molar-refractivity contribution is 5.76. The van der Waals surface area contributed by atoms with Crippen molar-refractivity contribution in [1.29, 1.82) is 0 Å². The van der Waals surface area contributed by atoms with Crippen LogP contribution in [0.4, 0.5) is 0 Å². The number of carbonyl (C=O) groups is 1. The molecule has 0 spiro atoms. The lowest BCUT2D eigenvalue weighted by Gasteiger charge is -2.34. The zero-order chi connectivity index (χ0) is 16.2. The SMILES string of the molecule is CCOc1ccc(CCC(=O)N2CC[C@@H]3O[C@H](C)C[C@@H]3C2)cc1. The predicted octanol–water partition coefficient (Wildman–Crippen LogP) is 3.04. The van der Waals surface area contributed by atoms with E-state index < -0.39 is 0 Å². The van der Waals surface area contributed by atoms with Crippen LogP contribution in [0.2, 0.25) is 0 Å². The number of rotatable bonds is 5. The number of hydrogen-bond donors (Lipinski definition) is 0. The molecule has 2 heterocycles. The number of ether oxygens (including phenoxy) is 2. The molecule has 23 heavy (non-hydrogen) atoms. The van der Waals surface area contributed by atoms with Crippen molar-refractivity contribution in [2.75, 3.05) is 19.7 Å². The monoisotopic (exact) mass is 317 g/mol. The van der Waals surface area contributed by atoms with Crippen LogP contribution >= 0.6 is 0 Å². The number of carbonyl (C=O) groups excluding carboxylic acids is 1. The number of aryl methyl sites for hydroxylation is 1. The molecule has 0 aromatic heterocycles. The Morgan fingerprint density at radius 1 is 1.35 bits per heavy atom. The van der Waals surface area contributed by atoms with E-state index in [0.29, 0.717) is 31.2 Å². The molecule has 0 unspecified atom stereocenters. The fourth-order valence-corrected chi connectivity index (χ4v) is 3.75. The molecule has 0 N–H and O–H groups in total. The molecule has 4 heteroatoms. The number of likely N-dealkylation sites (tertiary alicyclic amines) is 1. The standard InChI is InChI=1S/C19H27NO3/c1-3-22-17-7-4-15(5-8-17)6-9-19(21)20-11-10-18-16(13-20)12-14(2)23-18/h4-5,7-8,14,16,18H,3,6,9-13H2,1-2H3/t14-,16-,18+/m1/s1. The molecule has 2 saturated heterocycles. The van der Waals surface area contributed by atoms with E-state index in [1.165, 1.54) is 5.56 Å². The van der Waals surface area contributed by atoms with Crippen LogP contribution in [0.1, 0.15) is 38.7 Å². The third kappa shape index (κ3) is 4.05. The molecule has 2 aliphatic rings. The van der Waals surface area contributed by atoms with Gasteiger partial charge in [-0.2, -0.15) is 0 Å². The number of piperidine rings is 1. The lowest BCUT2D eigenvalue weighted by molar-refractivity contribution is -0.134. The maximum Gasteiger partial charge on any atom is 0.222 e. The van der Waals surface area contributed by atoms with Crippen molar-refractivity contribution in [3.05, 3.63) is 29.8 Å². The van der Waals surface area contributed by atoms with Crippen molar-refractivity contribution in [1.82, 2.24) is 4.90 Å². The normalized spacial score (nSPS) is 26.9. The van der Waals surface area contributed by atoms with Gasteiger partial charge < -0.3 is 14.4 Å². The van der Waals surface area contributed by atoms with Gasteiger partial charge in [0.2, 0.25) is 5.91 Å². The zero-order valence-corrected chi connectivity index (χ0v) is 14.2. The summed E-state index contributed by atoms with van der Waals surface area (Å²) in [6, 6.07) is 8.06. The minimum atomic E-state index is 0.275. The maximum atomic E-state index is 12.5. The predicted molar refractivity (Wildman–Crippen MR) is 89.6 cm³/mol. The Kier molecular flexibility index (Phi) is 5.21. The van der Waals surface area contributed by atoms with Crippen molar-refractivity contribution >= 4 is 5.91 Å². The van der Waals surface area contributed by atoms with Gasteiger partial charge in [0, 0.05) is 25.4 Å². The number of nitrogens with zero attached hydrogens (tertiary/aromatic N) is 1. The second kappa shape index (κ2) is 7.35. The van der Waals surface area contributed by atoms with Gasteiger partial charge in [-0.15, -0.1) is 0 Å².